The van der Waals surface area contributed by atoms with Crippen LogP contribution in [0.3, 0.4) is 0 Å². The molecule has 0 unspecified atom stereocenters. The lowest BCUT2D eigenvalue weighted by molar-refractivity contribution is 0.324. The molecule has 0 aromatic heterocycles. The Balaban J connectivity index is 2.75. The highest BCUT2D eigenvalue weighted by Gasteiger charge is 1.99. The van der Waals surface area contributed by atoms with Crippen molar-refractivity contribution in [2.24, 2.45) is 0 Å². The lowest BCUT2D eigenvalue weighted by Gasteiger charge is -2.06. The van der Waals surface area contributed by atoms with Crippen molar-refractivity contribution in [3.63, 3.8) is 0 Å². The summed E-state index contributed by atoms with van der Waals surface area (Å²) < 4.78 is 5.37. The van der Waals surface area contributed by atoms with E-state index in [1.165, 1.54) is 0 Å². The maximum atomic E-state index is 5.89. The largest absolute Gasteiger partial charge is 0.492 e. The van der Waals surface area contributed by atoms with Crippen LogP contribution in [-0.2, 0) is 0 Å². The van der Waals surface area contributed by atoms with Crippen LogP contribution in [0.15, 0.2) is 18.2 Å². The summed E-state index contributed by atoms with van der Waals surface area (Å²) in [5.74, 6) is 0.750. The topological polar surface area (TPSA) is 9.23 Å². The van der Waals surface area contributed by atoms with E-state index < -0.39 is 0 Å². The first kappa shape index (κ1) is 9.40. The Kier molecular flexibility index (Phi) is 3.42. The number of hydrogen-bond donors (Lipinski definition) is 0. The van der Waals surface area contributed by atoms with Gasteiger partial charge in [0.05, 0.1) is 11.6 Å². The van der Waals surface area contributed by atoms with E-state index in [4.69, 9.17) is 16.3 Å². The van der Waals surface area contributed by atoms with E-state index in [0.717, 1.165) is 17.7 Å². The Labute approximate surface area is 78.3 Å². The standard InChI is InChI=1S/C10H12ClO/c1-3-6-12-10-7-8(2)4-5-9(10)11/h4-5,7H,1,3,6H2,2H3. The van der Waals surface area contributed by atoms with Crippen LogP contribution in [-0.4, -0.2) is 6.61 Å². The van der Waals surface area contributed by atoms with Gasteiger partial charge in [0, 0.05) is 0 Å². The van der Waals surface area contributed by atoms with Gasteiger partial charge in [0.2, 0.25) is 0 Å². The first-order valence-electron chi connectivity index (χ1n) is 3.92. The molecule has 0 spiro atoms. The third kappa shape index (κ3) is 2.42. The van der Waals surface area contributed by atoms with Crippen LogP contribution in [0, 0.1) is 13.8 Å². The summed E-state index contributed by atoms with van der Waals surface area (Å²) in [4.78, 5) is 0. The zero-order valence-electron chi connectivity index (χ0n) is 7.14. The highest BCUT2D eigenvalue weighted by Crippen LogP contribution is 2.25. The fourth-order valence-electron chi connectivity index (χ4n) is 0.903. The van der Waals surface area contributed by atoms with Crippen molar-refractivity contribution in [3.8, 4) is 5.75 Å². The Hall–Kier alpha value is -0.690. The first-order chi connectivity index (χ1) is 5.74. The maximum absolute atomic E-state index is 5.89. The summed E-state index contributed by atoms with van der Waals surface area (Å²) in [5.41, 5.74) is 1.15. The molecular weight excluding hydrogens is 172 g/mol. The Bertz CT molecular complexity index is 258. The van der Waals surface area contributed by atoms with Gasteiger partial charge in [0.1, 0.15) is 5.75 Å². The summed E-state index contributed by atoms with van der Waals surface area (Å²) in [5, 5.41) is 0.661. The van der Waals surface area contributed by atoms with Crippen LogP contribution < -0.4 is 4.74 Å². The average Bonchev–Trinajstić information content (AvgIpc) is 2.07. The lowest BCUT2D eigenvalue weighted by Crippen LogP contribution is -1.95. The third-order valence-electron chi connectivity index (χ3n) is 1.49. The molecule has 12 heavy (non-hydrogen) atoms. The third-order valence-corrected chi connectivity index (χ3v) is 1.80. The minimum absolute atomic E-state index is 0.614. The van der Waals surface area contributed by atoms with Crippen molar-refractivity contribution in [2.45, 2.75) is 13.3 Å². The Morgan fingerprint density at radius 2 is 2.25 bits per heavy atom. The minimum Gasteiger partial charge on any atom is -0.492 e. The summed E-state index contributed by atoms with van der Waals surface area (Å²) in [6.45, 7) is 6.31. The smallest absolute Gasteiger partial charge is 0.138 e. The highest BCUT2D eigenvalue weighted by atomic mass is 35.5. The molecule has 0 amide bonds. The zero-order chi connectivity index (χ0) is 8.97. The van der Waals surface area contributed by atoms with Crippen molar-refractivity contribution in [1.29, 1.82) is 0 Å². The number of rotatable bonds is 3. The predicted octanol–water partition coefficient (Wildman–Crippen LogP) is 3.25. The van der Waals surface area contributed by atoms with Crippen LogP contribution in [0.4, 0.5) is 0 Å². The van der Waals surface area contributed by atoms with Crippen molar-refractivity contribution >= 4 is 11.6 Å². The molecule has 1 radical (unpaired) electrons. The zero-order valence-corrected chi connectivity index (χ0v) is 7.90. The first-order valence-corrected chi connectivity index (χ1v) is 4.30. The molecule has 0 N–H and O–H groups in total. The normalized spacial score (nSPS) is 9.92. The second-order valence-electron chi connectivity index (χ2n) is 2.64. The van der Waals surface area contributed by atoms with E-state index in [1.807, 2.05) is 25.1 Å². The maximum Gasteiger partial charge on any atom is 0.138 e. The average molecular weight is 184 g/mol. The predicted molar refractivity (Wildman–Crippen MR) is 51.7 cm³/mol. The van der Waals surface area contributed by atoms with Gasteiger partial charge in [0.15, 0.2) is 0 Å². The van der Waals surface area contributed by atoms with Crippen molar-refractivity contribution < 1.29 is 4.74 Å². The summed E-state index contributed by atoms with van der Waals surface area (Å²) in [6.07, 6.45) is 0.754. The number of aryl methyl sites for hydroxylation is 1. The van der Waals surface area contributed by atoms with Crippen molar-refractivity contribution in [1.82, 2.24) is 0 Å². The number of hydrogen-bond acceptors (Lipinski definition) is 1. The summed E-state index contributed by atoms with van der Waals surface area (Å²) in [7, 11) is 0. The molecule has 65 valence electrons. The SMILES string of the molecule is [CH2]CCOc1cc(C)ccc1Cl. The number of ether oxygens (including phenoxy) is 1. The molecule has 1 aromatic rings. The van der Waals surface area contributed by atoms with Gasteiger partial charge in [-0.1, -0.05) is 17.7 Å². The van der Waals surface area contributed by atoms with Gasteiger partial charge in [-0.25, -0.2) is 0 Å². The molecule has 0 fully saturated rings. The van der Waals surface area contributed by atoms with Crippen molar-refractivity contribution in [2.75, 3.05) is 6.61 Å². The van der Waals surface area contributed by atoms with Gasteiger partial charge in [-0.2, -0.15) is 0 Å². The van der Waals surface area contributed by atoms with Crippen molar-refractivity contribution in [3.05, 3.63) is 35.7 Å². The number of benzene rings is 1. The quantitative estimate of drug-likeness (QED) is 0.699. The van der Waals surface area contributed by atoms with Gasteiger partial charge in [-0.05, 0) is 38.0 Å². The molecule has 0 saturated carbocycles. The lowest BCUT2D eigenvalue weighted by atomic mass is 10.2. The molecule has 1 rings (SSSR count). The molecule has 0 atom stereocenters. The van der Waals surface area contributed by atoms with Gasteiger partial charge < -0.3 is 4.74 Å². The fourth-order valence-corrected chi connectivity index (χ4v) is 1.08. The van der Waals surface area contributed by atoms with E-state index in [2.05, 4.69) is 6.92 Å². The fraction of sp³-hybridized carbons (Fsp3) is 0.300. The molecule has 1 aromatic carbocycles. The second kappa shape index (κ2) is 4.36. The van der Waals surface area contributed by atoms with E-state index >= 15 is 0 Å². The van der Waals surface area contributed by atoms with E-state index in [-0.39, 0.29) is 0 Å². The van der Waals surface area contributed by atoms with Crippen LogP contribution in [0.1, 0.15) is 12.0 Å². The van der Waals surface area contributed by atoms with E-state index in [0.29, 0.717) is 11.6 Å². The molecule has 0 bridgehead atoms. The monoisotopic (exact) mass is 183 g/mol. The van der Waals surface area contributed by atoms with Gasteiger partial charge in [0.25, 0.3) is 0 Å². The highest BCUT2D eigenvalue weighted by molar-refractivity contribution is 6.32. The molecule has 0 heterocycles. The molecule has 0 aliphatic carbocycles. The molecule has 0 aliphatic rings. The van der Waals surface area contributed by atoms with Gasteiger partial charge >= 0.3 is 0 Å². The summed E-state index contributed by atoms with van der Waals surface area (Å²) >= 11 is 5.89. The molecule has 0 aliphatic heterocycles. The van der Waals surface area contributed by atoms with Crippen LogP contribution >= 0.6 is 11.6 Å². The Morgan fingerprint density at radius 3 is 2.92 bits per heavy atom. The molecule has 1 nitrogen and oxygen atoms in total. The molecular formula is C10H12ClO. The van der Waals surface area contributed by atoms with E-state index in [1.54, 1.807) is 0 Å². The van der Waals surface area contributed by atoms with Gasteiger partial charge in [-0.15, -0.1) is 0 Å². The van der Waals surface area contributed by atoms with E-state index in [9.17, 15) is 0 Å². The Morgan fingerprint density at radius 1 is 1.50 bits per heavy atom. The van der Waals surface area contributed by atoms with Crippen LogP contribution in [0.25, 0.3) is 0 Å². The van der Waals surface area contributed by atoms with Crippen LogP contribution in [0.5, 0.6) is 5.75 Å². The summed E-state index contributed by atoms with van der Waals surface area (Å²) in [6, 6.07) is 5.73. The van der Waals surface area contributed by atoms with Gasteiger partial charge in [-0.3, -0.25) is 0 Å². The molecule has 0 saturated heterocycles. The minimum atomic E-state index is 0.614. The number of halogens is 1. The van der Waals surface area contributed by atoms with Crippen LogP contribution in [0.2, 0.25) is 5.02 Å². The second-order valence-corrected chi connectivity index (χ2v) is 3.04. The molecule has 2 heteroatoms.